The maximum absolute atomic E-state index is 12.8. The standard InChI is InChI=1S/C21H24N2O2/c1-25-18-9-7-17(8-10-18)22-11-13-23(14-12-22)21(24)20-15-19(20)16-5-3-2-4-6-16/h2-10,19-20H,11-15H2,1H3. The summed E-state index contributed by atoms with van der Waals surface area (Å²) in [6.07, 6.45) is 1.00. The summed E-state index contributed by atoms with van der Waals surface area (Å²) >= 11 is 0. The van der Waals surface area contributed by atoms with Crippen LogP contribution >= 0.6 is 0 Å². The molecule has 0 N–H and O–H groups in total. The van der Waals surface area contributed by atoms with Crippen LogP contribution in [-0.2, 0) is 4.79 Å². The molecule has 1 aliphatic heterocycles. The number of hydrogen-bond acceptors (Lipinski definition) is 3. The third-order valence-electron chi connectivity index (χ3n) is 5.36. The number of piperazine rings is 1. The molecule has 2 atom stereocenters. The van der Waals surface area contributed by atoms with Crippen molar-refractivity contribution in [1.29, 1.82) is 0 Å². The van der Waals surface area contributed by atoms with Crippen molar-refractivity contribution in [1.82, 2.24) is 4.90 Å². The minimum atomic E-state index is 0.190. The fourth-order valence-electron chi connectivity index (χ4n) is 3.75. The number of amides is 1. The van der Waals surface area contributed by atoms with Crippen LogP contribution in [-0.4, -0.2) is 44.1 Å². The van der Waals surface area contributed by atoms with Crippen molar-refractivity contribution in [2.75, 3.05) is 38.2 Å². The van der Waals surface area contributed by atoms with E-state index in [1.165, 1.54) is 11.3 Å². The fraction of sp³-hybridized carbons (Fsp3) is 0.381. The topological polar surface area (TPSA) is 32.8 Å². The largest absolute Gasteiger partial charge is 0.497 e. The van der Waals surface area contributed by atoms with E-state index in [1.54, 1.807) is 7.11 Å². The van der Waals surface area contributed by atoms with Crippen LogP contribution in [0, 0.1) is 5.92 Å². The molecule has 2 fully saturated rings. The van der Waals surface area contributed by atoms with Gasteiger partial charge >= 0.3 is 0 Å². The molecule has 2 aromatic rings. The van der Waals surface area contributed by atoms with Gasteiger partial charge in [-0.05, 0) is 42.2 Å². The molecule has 1 saturated heterocycles. The Morgan fingerprint density at radius 2 is 1.64 bits per heavy atom. The monoisotopic (exact) mass is 336 g/mol. The summed E-state index contributed by atoms with van der Waals surface area (Å²) < 4.78 is 5.21. The second-order valence-electron chi connectivity index (χ2n) is 6.87. The molecule has 130 valence electrons. The molecule has 0 aromatic heterocycles. The van der Waals surface area contributed by atoms with Crippen LogP contribution in [0.25, 0.3) is 0 Å². The molecule has 1 aliphatic carbocycles. The van der Waals surface area contributed by atoms with E-state index < -0.39 is 0 Å². The molecule has 0 radical (unpaired) electrons. The number of ether oxygens (including phenoxy) is 1. The van der Waals surface area contributed by atoms with Gasteiger partial charge in [0.15, 0.2) is 0 Å². The van der Waals surface area contributed by atoms with Crippen molar-refractivity contribution in [3.8, 4) is 5.75 Å². The Balaban J connectivity index is 1.32. The SMILES string of the molecule is COc1ccc(N2CCN(C(=O)C3CC3c3ccccc3)CC2)cc1. The molecule has 4 rings (SSSR count). The van der Waals surface area contributed by atoms with Gasteiger partial charge in [-0.25, -0.2) is 0 Å². The highest BCUT2D eigenvalue weighted by molar-refractivity contribution is 5.83. The smallest absolute Gasteiger partial charge is 0.226 e. The molecule has 2 aromatic carbocycles. The molecule has 2 aliphatic rings. The minimum absolute atomic E-state index is 0.190. The molecule has 4 nitrogen and oxygen atoms in total. The molecule has 2 unspecified atom stereocenters. The average Bonchev–Trinajstić information content (AvgIpc) is 3.49. The van der Waals surface area contributed by atoms with Gasteiger partial charge in [-0.2, -0.15) is 0 Å². The summed E-state index contributed by atoms with van der Waals surface area (Å²) in [6, 6.07) is 18.6. The zero-order valence-corrected chi connectivity index (χ0v) is 14.6. The normalized spacial score (nSPS) is 22.6. The summed E-state index contributed by atoms with van der Waals surface area (Å²) in [5.41, 5.74) is 2.50. The highest BCUT2D eigenvalue weighted by Crippen LogP contribution is 2.48. The summed E-state index contributed by atoms with van der Waals surface area (Å²) in [6.45, 7) is 3.40. The van der Waals surface area contributed by atoms with E-state index in [0.29, 0.717) is 11.8 Å². The molecule has 1 heterocycles. The van der Waals surface area contributed by atoms with Crippen molar-refractivity contribution >= 4 is 11.6 Å². The van der Waals surface area contributed by atoms with Crippen molar-refractivity contribution < 1.29 is 9.53 Å². The van der Waals surface area contributed by atoms with Gasteiger partial charge in [0, 0.05) is 37.8 Å². The van der Waals surface area contributed by atoms with Crippen LogP contribution < -0.4 is 9.64 Å². The van der Waals surface area contributed by atoms with Crippen LogP contribution in [0.3, 0.4) is 0 Å². The Bertz CT molecular complexity index is 721. The summed E-state index contributed by atoms with van der Waals surface area (Å²) in [5.74, 6) is 1.82. The quantitative estimate of drug-likeness (QED) is 0.860. The number of carbonyl (C=O) groups excluding carboxylic acids is 1. The molecule has 1 amide bonds. The molecule has 4 heteroatoms. The van der Waals surface area contributed by atoms with Gasteiger partial charge in [0.25, 0.3) is 0 Å². The molecule has 25 heavy (non-hydrogen) atoms. The Morgan fingerprint density at radius 3 is 2.28 bits per heavy atom. The Hall–Kier alpha value is -2.49. The van der Waals surface area contributed by atoms with Crippen LogP contribution in [0.2, 0.25) is 0 Å². The fourth-order valence-corrected chi connectivity index (χ4v) is 3.75. The van der Waals surface area contributed by atoms with E-state index in [4.69, 9.17) is 4.74 Å². The number of rotatable bonds is 4. The maximum Gasteiger partial charge on any atom is 0.226 e. The highest BCUT2D eigenvalue weighted by atomic mass is 16.5. The van der Waals surface area contributed by atoms with Crippen molar-refractivity contribution in [3.63, 3.8) is 0 Å². The third-order valence-corrected chi connectivity index (χ3v) is 5.36. The highest BCUT2D eigenvalue weighted by Gasteiger charge is 2.45. The first-order valence-electron chi connectivity index (χ1n) is 8.99. The van der Waals surface area contributed by atoms with Gasteiger partial charge in [-0.15, -0.1) is 0 Å². The maximum atomic E-state index is 12.8. The lowest BCUT2D eigenvalue weighted by Crippen LogP contribution is -2.49. The molecule has 0 spiro atoms. The lowest BCUT2D eigenvalue weighted by atomic mass is 10.1. The third kappa shape index (κ3) is 3.34. The molecule has 1 saturated carbocycles. The van der Waals surface area contributed by atoms with Crippen molar-refractivity contribution in [3.05, 3.63) is 60.2 Å². The van der Waals surface area contributed by atoms with Crippen LogP contribution in [0.15, 0.2) is 54.6 Å². The second kappa shape index (κ2) is 6.79. The van der Waals surface area contributed by atoms with Gasteiger partial charge in [0.2, 0.25) is 5.91 Å². The van der Waals surface area contributed by atoms with Crippen LogP contribution in [0.1, 0.15) is 17.9 Å². The van der Waals surface area contributed by atoms with Crippen LogP contribution in [0.4, 0.5) is 5.69 Å². The van der Waals surface area contributed by atoms with Gasteiger partial charge in [0.1, 0.15) is 5.75 Å². The second-order valence-corrected chi connectivity index (χ2v) is 6.87. The van der Waals surface area contributed by atoms with E-state index >= 15 is 0 Å². The van der Waals surface area contributed by atoms with E-state index in [9.17, 15) is 4.79 Å². The first-order valence-corrected chi connectivity index (χ1v) is 8.99. The lowest BCUT2D eigenvalue weighted by Gasteiger charge is -2.36. The van der Waals surface area contributed by atoms with Crippen molar-refractivity contribution in [2.24, 2.45) is 5.92 Å². The van der Waals surface area contributed by atoms with Gasteiger partial charge in [-0.1, -0.05) is 30.3 Å². The van der Waals surface area contributed by atoms with Gasteiger partial charge in [0.05, 0.1) is 7.11 Å². The number of hydrogen-bond donors (Lipinski definition) is 0. The number of benzene rings is 2. The van der Waals surface area contributed by atoms with Gasteiger partial charge in [-0.3, -0.25) is 4.79 Å². The lowest BCUT2D eigenvalue weighted by molar-refractivity contribution is -0.132. The number of nitrogens with zero attached hydrogens (tertiary/aromatic N) is 2. The zero-order chi connectivity index (χ0) is 17.2. The van der Waals surface area contributed by atoms with E-state index in [-0.39, 0.29) is 5.92 Å². The van der Waals surface area contributed by atoms with E-state index in [0.717, 1.165) is 38.3 Å². The Kier molecular flexibility index (Phi) is 4.35. The van der Waals surface area contributed by atoms with E-state index in [1.807, 2.05) is 23.1 Å². The zero-order valence-electron chi connectivity index (χ0n) is 14.6. The molecular weight excluding hydrogens is 312 g/mol. The number of methoxy groups -OCH3 is 1. The first kappa shape index (κ1) is 16.0. The summed E-state index contributed by atoms with van der Waals surface area (Å²) in [5, 5.41) is 0. The molecular formula is C21H24N2O2. The Morgan fingerprint density at radius 1 is 0.960 bits per heavy atom. The summed E-state index contributed by atoms with van der Waals surface area (Å²) in [4.78, 5) is 17.1. The summed E-state index contributed by atoms with van der Waals surface area (Å²) in [7, 11) is 1.68. The average molecular weight is 336 g/mol. The predicted molar refractivity (Wildman–Crippen MR) is 99.1 cm³/mol. The number of carbonyl (C=O) groups is 1. The number of anilines is 1. The van der Waals surface area contributed by atoms with E-state index in [2.05, 4.69) is 41.3 Å². The molecule has 0 bridgehead atoms. The predicted octanol–water partition coefficient (Wildman–Crippen LogP) is 3.15. The Labute approximate surface area is 149 Å². The van der Waals surface area contributed by atoms with Gasteiger partial charge < -0.3 is 14.5 Å². The first-order chi connectivity index (χ1) is 12.3. The minimum Gasteiger partial charge on any atom is -0.497 e. The van der Waals surface area contributed by atoms with Crippen molar-refractivity contribution in [2.45, 2.75) is 12.3 Å². The van der Waals surface area contributed by atoms with Crippen LogP contribution in [0.5, 0.6) is 5.75 Å².